The molecule has 0 radical (unpaired) electrons. The molecule has 1 aliphatic heterocycles. The van der Waals surface area contributed by atoms with E-state index in [0.29, 0.717) is 12.6 Å². The first kappa shape index (κ1) is 12.3. The Morgan fingerprint density at radius 3 is 2.71 bits per heavy atom. The second-order valence-corrected chi connectivity index (χ2v) is 4.49. The molecule has 0 amide bonds. The fraction of sp³-hybridized carbons (Fsp3) is 0.667. The summed E-state index contributed by atoms with van der Waals surface area (Å²) in [6, 6.07) is 0.574. The zero-order valence-electron chi connectivity index (χ0n) is 10.6. The highest BCUT2D eigenvalue weighted by molar-refractivity contribution is 5.36. The van der Waals surface area contributed by atoms with Crippen LogP contribution in [-0.4, -0.2) is 47.1 Å². The van der Waals surface area contributed by atoms with Gasteiger partial charge in [-0.15, -0.1) is 0 Å². The highest BCUT2D eigenvalue weighted by Gasteiger charge is 2.23. The third-order valence-corrected chi connectivity index (χ3v) is 3.40. The zero-order chi connectivity index (χ0) is 12.3. The van der Waals surface area contributed by atoms with E-state index in [1.165, 1.54) is 0 Å². The molecule has 1 fully saturated rings. The van der Waals surface area contributed by atoms with E-state index < -0.39 is 0 Å². The van der Waals surface area contributed by atoms with Crippen LogP contribution in [-0.2, 0) is 6.54 Å². The summed E-state index contributed by atoms with van der Waals surface area (Å²) >= 11 is 0. The number of anilines is 1. The second kappa shape index (κ2) is 5.42. The molecule has 2 heterocycles. The van der Waals surface area contributed by atoms with E-state index in [1.54, 1.807) is 6.20 Å². The first-order valence-electron chi connectivity index (χ1n) is 6.24. The molecule has 0 aliphatic carbocycles. The highest BCUT2D eigenvalue weighted by atomic mass is 15.3. The van der Waals surface area contributed by atoms with Gasteiger partial charge < -0.3 is 10.6 Å². The van der Waals surface area contributed by atoms with Gasteiger partial charge in [-0.1, -0.05) is 6.92 Å². The minimum atomic E-state index is 0.452. The van der Waals surface area contributed by atoms with Crippen molar-refractivity contribution < 1.29 is 0 Å². The molecular weight excluding hydrogens is 214 g/mol. The molecule has 0 aromatic carbocycles. The van der Waals surface area contributed by atoms with E-state index in [9.17, 15) is 0 Å². The van der Waals surface area contributed by atoms with Crippen LogP contribution in [0.3, 0.4) is 0 Å². The topological polar surface area (TPSA) is 58.3 Å². The van der Waals surface area contributed by atoms with E-state index in [2.05, 4.69) is 33.6 Å². The molecule has 2 N–H and O–H groups in total. The Morgan fingerprint density at radius 1 is 1.35 bits per heavy atom. The highest BCUT2D eigenvalue weighted by Crippen LogP contribution is 2.15. The van der Waals surface area contributed by atoms with Crippen molar-refractivity contribution >= 4 is 5.82 Å². The number of hydrogen-bond acceptors (Lipinski definition) is 5. The number of rotatable bonds is 3. The van der Waals surface area contributed by atoms with Crippen molar-refractivity contribution in [3.8, 4) is 0 Å². The van der Waals surface area contributed by atoms with Crippen molar-refractivity contribution in [2.45, 2.75) is 26.4 Å². The Bertz CT molecular complexity index is 350. The first-order chi connectivity index (χ1) is 8.24. The minimum Gasteiger partial charge on any atom is -0.353 e. The average Bonchev–Trinajstić information content (AvgIpc) is 2.39. The van der Waals surface area contributed by atoms with E-state index in [0.717, 1.165) is 37.7 Å². The quantitative estimate of drug-likeness (QED) is 0.825. The molecule has 17 heavy (non-hydrogen) atoms. The Morgan fingerprint density at radius 2 is 2.18 bits per heavy atom. The zero-order valence-corrected chi connectivity index (χ0v) is 10.6. The van der Waals surface area contributed by atoms with E-state index in [-0.39, 0.29) is 0 Å². The van der Waals surface area contributed by atoms with E-state index in [1.807, 2.05) is 6.20 Å². The Hall–Kier alpha value is -1.20. The van der Waals surface area contributed by atoms with Gasteiger partial charge >= 0.3 is 0 Å². The molecule has 0 saturated carbocycles. The molecule has 1 aromatic heterocycles. The molecular formula is C12H21N5. The third kappa shape index (κ3) is 2.73. The summed E-state index contributed by atoms with van der Waals surface area (Å²) in [5.74, 6) is 0.963. The maximum absolute atomic E-state index is 5.51. The van der Waals surface area contributed by atoms with Crippen molar-refractivity contribution in [3.05, 3.63) is 18.1 Å². The first-order valence-corrected chi connectivity index (χ1v) is 6.24. The van der Waals surface area contributed by atoms with Crippen LogP contribution in [0.2, 0.25) is 0 Å². The summed E-state index contributed by atoms with van der Waals surface area (Å²) in [6.07, 6.45) is 3.60. The van der Waals surface area contributed by atoms with E-state index >= 15 is 0 Å². The Balaban J connectivity index is 2.03. The number of nitrogens with two attached hydrogens (primary N) is 1. The summed E-state index contributed by atoms with van der Waals surface area (Å²) in [7, 11) is 0. The summed E-state index contributed by atoms with van der Waals surface area (Å²) in [5.41, 5.74) is 6.36. The van der Waals surface area contributed by atoms with Crippen molar-refractivity contribution in [3.63, 3.8) is 0 Å². The number of nitrogens with zero attached hydrogens (tertiary/aromatic N) is 4. The molecule has 0 spiro atoms. The van der Waals surface area contributed by atoms with Gasteiger partial charge in [0, 0.05) is 32.2 Å². The lowest BCUT2D eigenvalue weighted by Gasteiger charge is -2.39. The standard InChI is InChI=1S/C12H21N5/c1-3-16-4-5-17(9-10(16)2)12-8-14-11(6-13)7-15-12/h7-8,10H,3-6,9,13H2,1-2H3. The van der Waals surface area contributed by atoms with Gasteiger partial charge in [0.25, 0.3) is 0 Å². The van der Waals surface area contributed by atoms with Gasteiger partial charge in [-0.2, -0.15) is 0 Å². The summed E-state index contributed by atoms with van der Waals surface area (Å²) < 4.78 is 0. The molecule has 0 bridgehead atoms. The van der Waals surface area contributed by atoms with Gasteiger partial charge in [0.05, 0.1) is 18.1 Å². The lowest BCUT2D eigenvalue weighted by atomic mass is 10.2. The van der Waals surface area contributed by atoms with Crippen LogP contribution in [0, 0.1) is 0 Å². The van der Waals surface area contributed by atoms with E-state index in [4.69, 9.17) is 5.73 Å². The lowest BCUT2D eigenvalue weighted by Crippen LogP contribution is -2.52. The number of hydrogen-bond donors (Lipinski definition) is 1. The lowest BCUT2D eigenvalue weighted by molar-refractivity contribution is 0.199. The monoisotopic (exact) mass is 235 g/mol. The normalized spacial score (nSPS) is 21.8. The Labute approximate surface area is 103 Å². The van der Waals surface area contributed by atoms with Gasteiger partial charge in [-0.3, -0.25) is 9.88 Å². The molecule has 1 atom stereocenters. The predicted molar refractivity (Wildman–Crippen MR) is 68.8 cm³/mol. The maximum atomic E-state index is 5.51. The molecule has 1 aliphatic rings. The fourth-order valence-electron chi connectivity index (χ4n) is 2.29. The number of likely N-dealkylation sites (N-methyl/N-ethyl adjacent to an activating group) is 1. The van der Waals surface area contributed by atoms with Crippen LogP contribution in [0.4, 0.5) is 5.82 Å². The van der Waals surface area contributed by atoms with Crippen LogP contribution < -0.4 is 10.6 Å². The minimum absolute atomic E-state index is 0.452. The molecule has 1 saturated heterocycles. The SMILES string of the molecule is CCN1CCN(c2cnc(CN)cn2)CC1C. The van der Waals surface area contributed by atoms with Gasteiger partial charge in [0.15, 0.2) is 0 Å². The average molecular weight is 235 g/mol. The predicted octanol–water partition coefficient (Wildman–Crippen LogP) is 0.466. The number of piperazine rings is 1. The number of aromatic nitrogens is 2. The van der Waals surface area contributed by atoms with Crippen LogP contribution in [0.25, 0.3) is 0 Å². The molecule has 1 aromatic rings. The molecule has 94 valence electrons. The van der Waals surface area contributed by atoms with Crippen LogP contribution in [0.15, 0.2) is 12.4 Å². The molecule has 5 nitrogen and oxygen atoms in total. The van der Waals surface area contributed by atoms with Crippen LogP contribution >= 0.6 is 0 Å². The second-order valence-electron chi connectivity index (χ2n) is 4.49. The van der Waals surface area contributed by atoms with Crippen LogP contribution in [0.1, 0.15) is 19.5 Å². The van der Waals surface area contributed by atoms with Gasteiger partial charge in [-0.25, -0.2) is 4.98 Å². The van der Waals surface area contributed by atoms with Crippen molar-refractivity contribution in [1.29, 1.82) is 0 Å². The largest absolute Gasteiger partial charge is 0.353 e. The van der Waals surface area contributed by atoms with Gasteiger partial charge in [-0.05, 0) is 13.5 Å². The van der Waals surface area contributed by atoms with Crippen molar-refractivity contribution in [2.75, 3.05) is 31.1 Å². The molecule has 5 heteroatoms. The third-order valence-electron chi connectivity index (χ3n) is 3.40. The summed E-state index contributed by atoms with van der Waals surface area (Å²) in [4.78, 5) is 13.5. The van der Waals surface area contributed by atoms with Gasteiger partial charge in [0.1, 0.15) is 5.82 Å². The van der Waals surface area contributed by atoms with Gasteiger partial charge in [0.2, 0.25) is 0 Å². The summed E-state index contributed by atoms with van der Waals surface area (Å²) in [6.45, 7) is 9.18. The Kier molecular flexibility index (Phi) is 3.91. The summed E-state index contributed by atoms with van der Waals surface area (Å²) in [5, 5.41) is 0. The maximum Gasteiger partial charge on any atom is 0.147 e. The molecule has 2 rings (SSSR count). The van der Waals surface area contributed by atoms with Crippen molar-refractivity contribution in [1.82, 2.24) is 14.9 Å². The van der Waals surface area contributed by atoms with Crippen molar-refractivity contribution in [2.24, 2.45) is 5.73 Å². The molecule has 1 unspecified atom stereocenters. The van der Waals surface area contributed by atoms with Crippen LogP contribution in [0.5, 0.6) is 0 Å². The smallest absolute Gasteiger partial charge is 0.147 e. The fourth-order valence-corrected chi connectivity index (χ4v) is 2.29.